The highest BCUT2D eigenvalue weighted by molar-refractivity contribution is 6.00. The number of hydrogen-bond acceptors (Lipinski definition) is 5. The lowest BCUT2D eigenvalue weighted by Crippen LogP contribution is -2.45. The number of anilines is 1. The third-order valence-electron chi connectivity index (χ3n) is 5.47. The smallest absolute Gasteiger partial charge is 0.416 e. The number of fused-ring (bicyclic) bond motifs is 1. The van der Waals surface area contributed by atoms with Crippen molar-refractivity contribution in [2.45, 2.75) is 64.2 Å². The molecule has 37 heavy (non-hydrogen) atoms. The maximum atomic E-state index is 13.4. The Morgan fingerprint density at radius 3 is 2.27 bits per heavy atom. The first-order valence-corrected chi connectivity index (χ1v) is 11.3. The lowest BCUT2D eigenvalue weighted by atomic mass is 10.0. The molecule has 1 atom stereocenters. The molecule has 2 N–H and O–H groups in total. The van der Waals surface area contributed by atoms with Crippen molar-refractivity contribution in [3.63, 3.8) is 0 Å². The molecule has 0 saturated heterocycles. The lowest BCUT2D eigenvalue weighted by molar-refractivity contribution is -0.156. The van der Waals surface area contributed by atoms with E-state index in [4.69, 9.17) is 15.2 Å². The van der Waals surface area contributed by atoms with Crippen LogP contribution in [0.2, 0.25) is 0 Å². The number of carbonyl (C=O) groups is 2. The minimum absolute atomic E-state index is 0.0609. The van der Waals surface area contributed by atoms with E-state index < -0.39 is 59.2 Å². The van der Waals surface area contributed by atoms with Gasteiger partial charge in [0.1, 0.15) is 18.0 Å². The molecule has 12 heteroatoms. The largest absolute Gasteiger partial charge is 0.489 e. The summed E-state index contributed by atoms with van der Waals surface area (Å²) in [5.41, 5.74) is 3.09. The fourth-order valence-electron chi connectivity index (χ4n) is 3.85. The first kappa shape index (κ1) is 28.3. The molecule has 1 amide bonds. The van der Waals surface area contributed by atoms with Crippen LogP contribution in [0.5, 0.6) is 5.75 Å². The number of alkyl halides is 6. The van der Waals surface area contributed by atoms with Crippen LogP contribution in [0.4, 0.5) is 32.0 Å². The molecule has 1 aliphatic rings. The molecular formula is C25H26F6N2O4. The minimum Gasteiger partial charge on any atom is -0.489 e. The zero-order valence-electron chi connectivity index (χ0n) is 20.3. The highest BCUT2D eigenvalue weighted by atomic mass is 19.4. The van der Waals surface area contributed by atoms with E-state index in [1.54, 1.807) is 26.8 Å². The van der Waals surface area contributed by atoms with Crippen LogP contribution in [0.3, 0.4) is 0 Å². The highest BCUT2D eigenvalue weighted by Crippen LogP contribution is 2.38. The van der Waals surface area contributed by atoms with E-state index in [0.29, 0.717) is 23.7 Å². The summed E-state index contributed by atoms with van der Waals surface area (Å²) in [5.74, 6) is -0.921. The van der Waals surface area contributed by atoms with Crippen LogP contribution in [0.15, 0.2) is 36.4 Å². The van der Waals surface area contributed by atoms with Gasteiger partial charge in [-0.15, -0.1) is 0 Å². The Hall–Kier alpha value is -3.28. The van der Waals surface area contributed by atoms with Crippen molar-refractivity contribution in [1.82, 2.24) is 0 Å². The molecule has 1 heterocycles. The Bertz CT molecular complexity index is 1170. The molecule has 1 unspecified atom stereocenters. The Balaban J connectivity index is 1.71. The number of hydrogen-bond donors (Lipinski definition) is 1. The van der Waals surface area contributed by atoms with Gasteiger partial charge in [0.15, 0.2) is 0 Å². The van der Waals surface area contributed by atoms with E-state index in [-0.39, 0.29) is 24.8 Å². The standard InChI is InChI=1S/C25H26F6N2O4/c1-23(2,3)37-21(34)12-19(32)22(35)33-9-8-14-10-17(6-7-20(14)33)36-13-15-4-5-16(24(26,27)28)11-18(15)25(29,30)31/h4-7,10-11,19H,8-9,12-13,32H2,1-3H3. The van der Waals surface area contributed by atoms with Gasteiger partial charge in [-0.25, -0.2) is 0 Å². The van der Waals surface area contributed by atoms with E-state index in [0.717, 1.165) is 6.07 Å². The highest BCUT2D eigenvalue weighted by Gasteiger charge is 2.38. The van der Waals surface area contributed by atoms with Crippen LogP contribution in [0.25, 0.3) is 0 Å². The Morgan fingerprint density at radius 2 is 1.68 bits per heavy atom. The lowest BCUT2D eigenvalue weighted by Gasteiger charge is -2.23. The Kier molecular flexibility index (Phi) is 7.83. The van der Waals surface area contributed by atoms with E-state index >= 15 is 0 Å². The summed E-state index contributed by atoms with van der Waals surface area (Å²) >= 11 is 0. The van der Waals surface area contributed by atoms with Gasteiger partial charge in [-0.1, -0.05) is 6.07 Å². The number of halogens is 6. The monoisotopic (exact) mass is 532 g/mol. The summed E-state index contributed by atoms with van der Waals surface area (Å²) < 4.78 is 89.4. The molecule has 0 aliphatic carbocycles. The van der Waals surface area contributed by atoms with Crippen molar-refractivity contribution >= 4 is 17.6 Å². The first-order chi connectivity index (χ1) is 17.0. The number of ether oxygens (including phenoxy) is 2. The minimum atomic E-state index is -5.00. The number of amides is 1. The average molecular weight is 532 g/mol. The van der Waals surface area contributed by atoms with Gasteiger partial charge in [-0.2, -0.15) is 26.3 Å². The SMILES string of the molecule is CC(C)(C)OC(=O)CC(N)C(=O)N1CCc2cc(OCc3ccc(C(F)(F)F)cc3C(F)(F)F)ccc21. The van der Waals surface area contributed by atoms with Gasteiger partial charge in [0, 0.05) is 17.8 Å². The van der Waals surface area contributed by atoms with Crippen molar-refractivity contribution in [3.05, 3.63) is 58.7 Å². The first-order valence-electron chi connectivity index (χ1n) is 11.3. The molecule has 1 aliphatic heterocycles. The fraction of sp³-hybridized carbons (Fsp3) is 0.440. The van der Waals surface area contributed by atoms with Crippen LogP contribution >= 0.6 is 0 Å². The molecule has 2 aromatic rings. The summed E-state index contributed by atoms with van der Waals surface area (Å²) in [6, 6.07) is 4.75. The molecule has 0 saturated carbocycles. The van der Waals surface area contributed by atoms with Gasteiger partial charge in [-0.3, -0.25) is 9.59 Å². The normalized spacial score (nSPS) is 14.8. The third kappa shape index (κ3) is 7.15. The zero-order chi connectivity index (χ0) is 27.8. The second-order valence-corrected chi connectivity index (χ2v) is 9.58. The summed E-state index contributed by atoms with van der Waals surface area (Å²) in [6.07, 6.45) is -9.82. The molecular weight excluding hydrogens is 506 g/mol. The van der Waals surface area contributed by atoms with Gasteiger partial charge in [0.2, 0.25) is 5.91 Å². The molecule has 3 rings (SSSR count). The number of benzene rings is 2. The van der Waals surface area contributed by atoms with Gasteiger partial charge < -0.3 is 20.1 Å². The van der Waals surface area contributed by atoms with Crippen molar-refractivity contribution < 1.29 is 45.4 Å². The summed E-state index contributed by atoms with van der Waals surface area (Å²) in [4.78, 5) is 26.2. The number of carbonyl (C=O) groups excluding carboxylic acids is 2. The second kappa shape index (κ2) is 10.2. The third-order valence-corrected chi connectivity index (χ3v) is 5.47. The van der Waals surface area contributed by atoms with E-state index in [1.165, 1.54) is 17.0 Å². The molecule has 2 aromatic carbocycles. The quantitative estimate of drug-likeness (QED) is 0.406. The predicted octanol–water partition coefficient (Wildman–Crippen LogP) is 5.25. The molecule has 0 fully saturated rings. The van der Waals surface area contributed by atoms with Crippen molar-refractivity contribution in [1.29, 1.82) is 0 Å². The number of nitrogens with two attached hydrogens (primary N) is 1. The van der Waals surface area contributed by atoms with Gasteiger partial charge >= 0.3 is 18.3 Å². The van der Waals surface area contributed by atoms with Crippen LogP contribution in [-0.2, 0) is 39.7 Å². The summed E-state index contributed by atoms with van der Waals surface area (Å²) in [6.45, 7) is 4.73. The van der Waals surface area contributed by atoms with Crippen molar-refractivity contribution in [2.75, 3.05) is 11.4 Å². The van der Waals surface area contributed by atoms with Crippen LogP contribution in [0, 0.1) is 0 Å². The predicted molar refractivity (Wildman–Crippen MR) is 122 cm³/mol. The van der Waals surface area contributed by atoms with Crippen LogP contribution in [0.1, 0.15) is 49.4 Å². The van der Waals surface area contributed by atoms with E-state index in [1.807, 2.05) is 0 Å². The van der Waals surface area contributed by atoms with Crippen LogP contribution < -0.4 is 15.4 Å². The van der Waals surface area contributed by atoms with Gasteiger partial charge in [-0.05, 0) is 63.1 Å². The van der Waals surface area contributed by atoms with Crippen LogP contribution in [-0.4, -0.2) is 30.1 Å². The maximum absolute atomic E-state index is 13.4. The molecule has 202 valence electrons. The van der Waals surface area contributed by atoms with E-state index in [9.17, 15) is 35.9 Å². The Labute approximate surface area is 209 Å². The van der Waals surface area contributed by atoms with Gasteiger partial charge in [0.25, 0.3) is 0 Å². The van der Waals surface area contributed by atoms with Crippen molar-refractivity contribution in [3.8, 4) is 5.75 Å². The topological polar surface area (TPSA) is 81.9 Å². The summed E-state index contributed by atoms with van der Waals surface area (Å²) in [5, 5.41) is 0. The molecule has 0 spiro atoms. The molecule has 0 bridgehead atoms. The fourth-order valence-corrected chi connectivity index (χ4v) is 3.85. The molecule has 0 radical (unpaired) electrons. The zero-order valence-corrected chi connectivity index (χ0v) is 20.3. The van der Waals surface area contributed by atoms with Gasteiger partial charge in [0.05, 0.1) is 23.6 Å². The maximum Gasteiger partial charge on any atom is 0.416 e. The number of nitrogens with zero attached hydrogens (tertiary/aromatic N) is 1. The number of rotatable bonds is 6. The second-order valence-electron chi connectivity index (χ2n) is 9.58. The molecule has 0 aromatic heterocycles. The average Bonchev–Trinajstić information content (AvgIpc) is 3.17. The van der Waals surface area contributed by atoms with E-state index in [2.05, 4.69) is 0 Å². The number of esters is 1. The summed E-state index contributed by atoms with van der Waals surface area (Å²) in [7, 11) is 0. The van der Waals surface area contributed by atoms with Crippen molar-refractivity contribution in [2.24, 2.45) is 5.73 Å². The molecule has 6 nitrogen and oxygen atoms in total. The Morgan fingerprint density at radius 1 is 1.00 bits per heavy atom.